The van der Waals surface area contributed by atoms with Crippen LogP contribution in [0.4, 0.5) is 0 Å². The molecule has 1 aliphatic heterocycles. The predicted molar refractivity (Wildman–Crippen MR) is 85.8 cm³/mol. The van der Waals surface area contributed by atoms with Crippen molar-refractivity contribution in [2.24, 2.45) is 0 Å². The molecule has 0 aliphatic carbocycles. The van der Waals surface area contributed by atoms with Gasteiger partial charge in [-0.15, -0.1) is 0 Å². The van der Waals surface area contributed by atoms with Crippen LogP contribution in [0, 0.1) is 0 Å². The van der Waals surface area contributed by atoms with Crippen molar-refractivity contribution in [2.75, 3.05) is 13.1 Å². The van der Waals surface area contributed by atoms with Gasteiger partial charge in [0.15, 0.2) is 0 Å². The van der Waals surface area contributed by atoms with E-state index >= 15 is 0 Å². The first-order valence-electron chi connectivity index (χ1n) is 7.45. The molecule has 0 amide bonds. The lowest BCUT2D eigenvalue weighted by Gasteiger charge is -2.15. The number of hydrogen-bond acceptors (Lipinski definition) is 4. The molecule has 1 aliphatic rings. The molecule has 3 rings (SSSR count). The summed E-state index contributed by atoms with van der Waals surface area (Å²) in [6.07, 6.45) is 1.74. The van der Waals surface area contributed by atoms with Crippen LogP contribution in [0.3, 0.4) is 0 Å². The van der Waals surface area contributed by atoms with Crippen LogP contribution >= 0.6 is 0 Å². The van der Waals surface area contributed by atoms with Gasteiger partial charge in [0.2, 0.25) is 10.0 Å². The minimum absolute atomic E-state index is 0.127. The monoisotopic (exact) mass is 331 g/mol. The lowest BCUT2D eigenvalue weighted by Crippen LogP contribution is -2.28. The average Bonchev–Trinajstić information content (AvgIpc) is 3.11. The van der Waals surface area contributed by atoms with Gasteiger partial charge in [-0.3, -0.25) is 0 Å². The van der Waals surface area contributed by atoms with Crippen LogP contribution in [-0.4, -0.2) is 31.8 Å². The molecule has 6 heteroatoms. The van der Waals surface area contributed by atoms with E-state index in [2.05, 4.69) is 0 Å². The summed E-state index contributed by atoms with van der Waals surface area (Å²) in [6.45, 7) is 1.06. The summed E-state index contributed by atoms with van der Waals surface area (Å²) in [5, 5.41) is 0. The molecular weight excluding hydrogens is 314 g/mol. The largest absolute Gasteiger partial charge is 0.423 e. The van der Waals surface area contributed by atoms with E-state index in [1.54, 1.807) is 36.4 Å². The van der Waals surface area contributed by atoms with Gasteiger partial charge in [-0.2, -0.15) is 4.31 Å². The highest BCUT2D eigenvalue weighted by Gasteiger charge is 2.27. The van der Waals surface area contributed by atoms with Gasteiger partial charge in [-0.1, -0.05) is 24.3 Å². The lowest BCUT2D eigenvalue weighted by molar-refractivity contribution is 0.0734. The second-order valence-corrected chi connectivity index (χ2v) is 7.28. The van der Waals surface area contributed by atoms with Crippen LogP contribution in [-0.2, 0) is 10.0 Å². The molecule has 5 nitrogen and oxygen atoms in total. The molecule has 0 saturated carbocycles. The molecule has 2 aromatic rings. The third-order valence-electron chi connectivity index (χ3n) is 3.73. The summed E-state index contributed by atoms with van der Waals surface area (Å²) in [5.41, 5.74) is 0.217. The molecule has 1 fully saturated rings. The van der Waals surface area contributed by atoms with E-state index in [9.17, 15) is 13.2 Å². The van der Waals surface area contributed by atoms with Crippen LogP contribution in [0.2, 0.25) is 0 Å². The van der Waals surface area contributed by atoms with Gasteiger partial charge >= 0.3 is 5.97 Å². The maximum atomic E-state index is 12.5. The molecule has 0 radical (unpaired) electrons. The minimum atomic E-state index is -3.54. The maximum absolute atomic E-state index is 12.5. The summed E-state index contributed by atoms with van der Waals surface area (Å²) in [5.74, 6) is -0.153. The number of esters is 1. The first-order chi connectivity index (χ1) is 11.1. The first kappa shape index (κ1) is 15.7. The molecule has 0 aromatic heterocycles. The Morgan fingerprint density at radius 1 is 0.957 bits per heavy atom. The summed E-state index contributed by atoms with van der Waals surface area (Å²) in [7, 11) is -3.54. The van der Waals surface area contributed by atoms with Crippen molar-refractivity contribution in [3.05, 3.63) is 60.2 Å². The van der Waals surface area contributed by atoms with Gasteiger partial charge in [0.25, 0.3) is 0 Å². The van der Waals surface area contributed by atoms with Gasteiger partial charge in [0.05, 0.1) is 10.5 Å². The Morgan fingerprint density at radius 2 is 1.65 bits per heavy atom. The van der Waals surface area contributed by atoms with Gasteiger partial charge in [0.1, 0.15) is 5.75 Å². The molecular formula is C17H17NO4S. The smallest absolute Gasteiger partial charge is 0.343 e. The Hall–Kier alpha value is -2.18. The van der Waals surface area contributed by atoms with E-state index in [0.29, 0.717) is 18.8 Å². The third kappa shape index (κ3) is 3.43. The van der Waals surface area contributed by atoms with Crippen LogP contribution in [0.15, 0.2) is 59.5 Å². The quantitative estimate of drug-likeness (QED) is 0.638. The zero-order valence-electron chi connectivity index (χ0n) is 12.5. The Kier molecular flexibility index (Phi) is 4.45. The van der Waals surface area contributed by atoms with Gasteiger partial charge in [-0.05, 0) is 43.2 Å². The number of benzene rings is 2. The average molecular weight is 331 g/mol. The van der Waals surface area contributed by atoms with E-state index in [1.807, 2.05) is 6.07 Å². The van der Waals surface area contributed by atoms with Crippen LogP contribution in [0.5, 0.6) is 5.75 Å². The zero-order chi connectivity index (χ0) is 16.3. The normalized spacial score (nSPS) is 15.5. The minimum Gasteiger partial charge on any atom is -0.423 e. The van der Waals surface area contributed by atoms with Crippen LogP contribution in [0.25, 0.3) is 0 Å². The van der Waals surface area contributed by atoms with Crippen molar-refractivity contribution < 1.29 is 17.9 Å². The number of para-hydroxylation sites is 1. The standard InChI is InChI=1S/C17H17NO4S/c19-17(22-15-8-2-1-3-9-15)14-7-6-10-16(13-14)23(20,21)18-11-4-5-12-18/h1-3,6-10,13H,4-5,11-12H2. The number of hydrogen-bond donors (Lipinski definition) is 0. The SMILES string of the molecule is O=C(Oc1ccccc1)c1cccc(S(=O)(=O)N2CCCC2)c1. The molecule has 23 heavy (non-hydrogen) atoms. The van der Waals surface area contributed by atoms with E-state index in [1.165, 1.54) is 16.4 Å². The maximum Gasteiger partial charge on any atom is 0.343 e. The van der Waals surface area contributed by atoms with Crippen molar-refractivity contribution in [2.45, 2.75) is 17.7 Å². The molecule has 0 bridgehead atoms. The highest BCUT2D eigenvalue weighted by Crippen LogP contribution is 2.22. The highest BCUT2D eigenvalue weighted by molar-refractivity contribution is 7.89. The predicted octanol–water partition coefficient (Wildman–Crippen LogP) is 2.69. The zero-order valence-corrected chi connectivity index (χ0v) is 13.3. The topological polar surface area (TPSA) is 63.7 Å². The van der Waals surface area contributed by atoms with Gasteiger partial charge in [0, 0.05) is 13.1 Å². The lowest BCUT2D eigenvalue weighted by atomic mass is 10.2. The summed E-state index contributed by atoms with van der Waals surface area (Å²) in [4.78, 5) is 12.3. The van der Waals surface area contributed by atoms with E-state index < -0.39 is 16.0 Å². The number of carbonyl (C=O) groups excluding carboxylic acids is 1. The highest BCUT2D eigenvalue weighted by atomic mass is 32.2. The number of ether oxygens (including phenoxy) is 1. The van der Waals surface area contributed by atoms with Crippen LogP contribution in [0.1, 0.15) is 23.2 Å². The van der Waals surface area contributed by atoms with Gasteiger partial charge in [-0.25, -0.2) is 13.2 Å². The van der Waals surface area contributed by atoms with Crippen molar-refractivity contribution >= 4 is 16.0 Å². The van der Waals surface area contributed by atoms with E-state index in [0.717, 1.165) is 12.8 Å². The molecule has 1 saturated heterocycles. The molecule has 0 N–H and O–H groups in total. The fourth-order valence-electron chi connectivity index (χ4n) is 2.52. The van der Waals surface area contributed by atoms with Crippen molar-refractivity contribution in [1.29, 1.82) is 0 Å². The number of carbonyl (C=O) groups is 1. The molecule has 0 unspecified atom stereocenters. The first-order valence-corrected chi connectivity index (χ1v) is 8.89. The Bertz CT molecular complexity index is 796. The van der Waals surface area contributed by atoms with Crippen molar-refractivity contribution in [3.8, 4) is 5.75 Å². The van der Waals surface area contributed by atoms with Crippen molar-refractivity contribution in [1.82, 2.24) is 4.31 Å². The fourth-order valence-corrected chi connectivity index (χ4v) is 4.08. The second-order valence-electron chi connectivity index (χ2n) is 5.34. The number of nitrogens with zero attached hydrogens (tertiary/aromatic N) is 1. The molecule has 1 heterocycles. The molecule has 2 aromatic carbocycles. The third-order valence-corrected chi connectivity index (χ3v) is 5.62. The molecule has 120 valence electrons. The Balaban J connectivity index is 1.83. The number of sulfonamides is 1. The van der Waals surface area contributed by atoms with Crippen molar-refractivity contribution in [3.63, 3.8) is 0 Å². The fraction of sp³-hybridized carbons (Fsp3) is 0.235. The van der Waals surface area contributed by atoms with Crippen LogP contribution < -0.4 is 4.74 Å². The molecule has 0 atom stereocenters. The second kappa shape index (κ2) is 6.52. The Labute approximate surface area is 135 Å². The summed E-state index contributed by atoms with van der Waals surface area (Å²) < 4.78 is 31.8. The summed E-state index contributed by atoms with van der Waals surface area (Å²) in [6, 6.07) is 14.7. The number of rotatable bonds is 4. The molecule has 0 spiro atoms. The summed E-state index contributed by atoms with van der Waals surface area (Å²) >= 11 is 0. The van der Waals surface area contributed by atoms with Gasteiger partial charge < -0.3 is 4.74 Å². The van der Waals surface area contributed by atoms with E-state index in [-0.39, 0.29) is 10.5 Å². The Morgan fingerprint density at radius 3 is 2.35 bits per heavy atom. The van der Waals surface area contributed by atoms with E-state index in [4.69, 9.17) is 4.74 Å².